The van der Waals surface area contributed by atoms with Gasteiger partial charge < -0.3 is 9.88 Å². The van der Waals surface area contributed by atoms with Gasteiger partial charge in [0.25, 0.3) is 0 Å². The molecule has 3 heterocycles. The lowest BCUT2D eigenvalue weighted by Crippen LogP contribution is -2.28. The summed E-state index contributed by atoms with van der Waals surface area (Å²) in [6, 6.07) is 10.3. The highest BCUT2D eigenvalue weighted by molar-refractivity contribution is 7.15. The van der Waals surface area contributed by atoms with E-state index in [-0.39, 0.29) is 5.91 Å². The van der Waals surface area contributed by atoms with Crippen LogP contribution in [0.2, 0.25) is 0 Å². The van der Waals surface area contributed by atoms with Gasteiger partial charge in [-0.05, 0) is 5.56 Å². The third-order valence-electron chi connectivity index (χ3n) is 4.15. The van der Waals surface area contributed by atoms with Crippen LogP contribution in [0.1, 0.15) is 17.1 Å². The Labute approximate surface area is 155 Å². The summed E-state index contributed by atoms with van der Waals surface area (Å²) in [4.78, 5) is 21.9. The first-order valence-electron chi connectivity index (χ1n) is 8.49. The number of nitrogens with one attached hydrogen (secondary N) is 1. The normalized spacial score (nSPS) is 11.1. The fourth-order valence-corrected chi connectivity index (χ4v) is 3.61. The molecular formula is C19H19N5OS. The second kappa shape index (κ2) is 7.53. The zero-order chi connectivity index (χ0) is 17.8. The van der Waals surface area contributed by atoms with Gasteiger partial charge in [-0.1, -0.05) is 30.3 Å². The summed E-state index contributed by atoms with van der Waals surface area (Å²) >= 11 is 1.56. The number of hydrogen-bond acceptors (Lipinski definition) is 4. The number of hydrogen-bond donors (Lipinski definition) is 1. The molecule has 0 aliphatic carbocycles. The van der Waals surface area contributed by atoms with E-state index in [1.54, 1.807) is 17.5 Å². The summed E-state index contributed by atoms with van der Waals surface area (Å²) in [5.74, 6) is 0.952. The molecule has 0 saturated carbocycles. The Morgan fingerprint density at radius 1 is 1.19 bits per heavy atom. The zero-order valence-electron chi connectivity index (χ0n) is 14.2. The number of benzene rings is 1. The van der Waals surface area contributed by atoms with Crippen LogP contribution < -0.4 is 5.32 Å². The van der Waals surface area contributed by atoms with E-state index in [1.165, 1.54) is 5.56 Å². The van der Waals surface area contributed by atoms with E-state index in [0.29, 0.717) is 19.4 Å². The minimum atomic E-state index is -0.0167. The summed E-state index contributed by atoms with van der Waals surface area (Å²) in [5, 5.41) is 4.93. The average molecular weight is 365 g/mol. The van der Waals surface area contributed by atoms with E-state index in [2.05, 4.69) is 32.0 Å². The molecule has 4 aromatic rings. The Hall–Kier alpha value is -2.93. The molecular weight excluding hydrogens is 346 g/mol. The van der Waals surface area contributed by atoms with Gasteiger partial charge in [-0.25, -0.2) is 9.97 Å². The van der Waals surface area contributed by atoms with Gasteiger partial charge in [0.15, 0.2) is 4.96 Å². The van der Waals surface area contributed by atoms with Crippen LogP contribution in [0.5, 0.6) is 0 Å². The zero-order valence-corrected chi connectivity index (χ0v) is 15.0. The van der Waals surface area contributed by atoms with Crippen LogP contribution in [0.4, 0.5) is 0 Å². The van der Waals surface area contributed by atoms with Gasteiger partial charge in [-0.3, -0.25) is 9.20 Å². The van der Waals surface area contributed by atoms with Gasteiger partial charge in [0, 0.05) is 49.7 Å². The average Bonchev–Trinajstić information content (AvgIpc) is 3.33. The van der Waals surface area contributed by atoms with Crippen molar-refractivity contribution in [3.63, 3.8) is 0 Å². The van der Waals surface area contributed by atoms with Gasteiger partial charge in [0.2, 0.25) is 5.91 Å². The smallest absolute Gasteiger partial charge is 0.226 e. The van der Waals surface area contributed by atoms with Gasteiger partial charge in [-0.2, -0.15) is 0 Å². The molecule has 3 aromatic heterocycles. The largest absolute Gasteiger partial charge is 0.355 e. The van der Waals surface area contributed by atoms with Crippen molar-refractivity contribution in [2.45, 2.75) is 19.4 Å². The number of rotatable bonds is 7. The molecule has 4 rings (SSSR count). The molecule has 1 amide bonds. The Morgan fingerprint density at radius 2 is 2.08 bits per heavy atom. The van der Waals surface area contributed by atoms with E-state index in [9.17, 15) is 4.79 Å². The van der Waals surface area contributed by atoms with Crippen LogP contribution in [-0.4, -0.2) is 31.4 Å². The van der Waals surface area contributed by atoms with E-state index in [4.69, 9.17) is 0 Å². The van der Waals surface area contributed by atoms with E-state index in [1.807, 2.05) is 46.6 Å². The quantitative estimate of drug-likeness (QED) is 0.547. The van der Waals surface area contributed by atoms with Crippen molar-refractivity contribution in [3.05, 3.63) is 77.6 Å². The highest BCUT2D eigenvalue weighted by Crippen LogP contribution is 2.11. The molecule has 0 radical (unpaired) electrons. The van der Waals surface area contributed by atoms with Gasteiger partial charge in [-0.15, -0.1) is 11.3 Å². The van der Waals surface area contributed by atoms with Crippen molar-refractivity contribution in [2.24, 2.45) is 0 Å². The minimum Gasteiger partial charge on any atom is -0.355 e. The lowest BCUT2D eigenvalue weighted by atomic mass is 10.2. The molecule has 0 aliphatic heterocycles. The van der Waals surface area contributed by atoms with E-state index < -0.39 is 0 Å². The Morgan fingerprint density at radius 3 is 2.92 bits per heavy atom. The number of carbonyl (C=O) groups is 1. The first kappa shape index (κ1) is 16.5. The van der Waals surface area contributed by atoms with Crippen LogP contribution in [0.25, 0.3) is 4.96 Å². The predicted octanol–water partition coefficient (Wildman–Crippen LogP) is 2.54. The first-order chi connectivity index (χ1) is 12.8. The van der Waals surface area contributed by atoms with E-state index in [0.717, 1.165) is 23.0 Å². The molecule has 7 heteroatoms. The number of aromatic nitrogens is 4. The molecule has 0 atom stereocenters. The van der Waals surface area contributed by atoms with Gasteiger partial charge in [0.1, 0.15) is 5.82 Å². The summed E-state index contributed by atoms with van der Waals surface area (Å²) in [5.41, 5.74) is 2.02. The Balaban J connectivity index is 1.28. The number of fused-ring (bicyclic) bond motifs is 1. The third-order valence-corrected chi connectivity index (χ3v) is 4.92. The van der Waals surface area contributed by atoms with Crippen LogP contribution in [0, 0.1) is 0 Å². The second-order valence-corrected chi connectivity index (χ2v) is 6.93. The summed E-state index contributed by atoms with van der Waals surface area (Å²) in [7, 11) is 0. The molecule has 6 nitrogen and oxygen atoms in total. The fraction of sp³-hybridized carbons (Fsp3) is 0.211. The molecule has 0 fully saturated rings. The standard InChI is InChI=1S/C19H19N5OS/c25-18(12-16-14-24-10-11-26-19(24)22-16)21-7-6-17-20-8-9-23(17)13-15-4-2-1-3-5-15/h1-5,8-11,14H,6-7,12-13H2,(H,21,25). The summed E-state index contributed by atoms with van der Waals surface area (Å²) < 4.78 is 4.05. The highest BCUT2D eigenvalue weighted by Gasteiger charge is 2.09. The molecule has 0 saturated heterocycles. The van der Waals surface area contributed by atoms with Crippen molar-refractivity contribution in [3.8, 4) is 0 Å². The molecule has 0 unspecified atom stereocenters. The summed E-state index contributed by atoms with van der Waals surface area (Å²) in [6.45, 7) is 1.35. The molecule has 132 valence electrons. The van der Waals surface area contributed by atoms with Gasteiger partial charge in [0.05, 0.1) is 12.1 Å². The summed E-state index contributed by atoms with van der Waals surface area (Å²) in [6.07, 6.45) is 8.62. The first-order valence-corrected chi connectivity index (χ1v) is 9.37. The number of amides is 1. The number of thiazole rings is 1. The predicted molar refractivity (Wildman–Crippen MR) is 101 cm³/mol. The van der Waals surface area contributed by atoms with Crippen molar-refractivity contribution in [1.82, 2.24) is 24.3 Å². The number of carbonyl (C=O) groups excluding carboxylic acids is 1. The van der Waals surface area contributed by atoms with Crippen LogP contribution in [-0.2, 0) is 24.2 Å². The highest BCUT2D eigenvalue weighted by atomic mass is 32.1. The lowest BCUT2D eigenvalue weighted by molar-refractivity contribution is -0.120. The van der Waals surface area contributed by atoms with Crippen molar-refractivity contribution in [1.29, 1.82) is 0 Å². The van der Waals surface area contributed by atoms with Crippen LogP contribution in [0.15, 0.2) is 60.5 Å². The van der Waals surface area contributed by atoms with Gasteiger partial charge >= 0.3 is 0 Å². The topological polar surface area (TPSA) is 64.2 Å². The SMILES string of the molecule is O=C(Cc1cn2ccsc2n1)NCCc1nccn1Cc1ccccc1. The second-order valence-electron chi connectivity index (χ2n) is 6.06. The third kappa shape index (κ3) is 3.83. The minimum absolute atomic E-state index is 0.0167. The molecule has 0 spiro atoms. The Kier molecular flexibility index (Phi) is 4.79. The molecule has 1 N–H and O–H groups in total. The maximum absolute atomic E-state index is 12.1. The molecule has 1 aromatic carbocycles. The molecule has 26 heavy (non-hydrogen) atoms. The molecule has 0 bridgehead atoms. The maximum atomic E-state index is 12.1. The lowest BCUT2D eigenvalue weighted by Gasteiger charge is -2.09. The number of nitrogens with zero attached hydrogens (tertiary/aromatic N) is 4. The maximum Gasteiger partial charge on any atom is 0.226 e. The van der Waals surface area contributed by atoms with E-state index >= 15 is 0 Å². The Bertz CT molecular complexity index is 973. The van der Waals surface area contributed by atoms with Crippen LogP contribution >= 0.6 is 11.3 Å². The monoisotopic (exact) mass is 365 g/mol. The van der Waals surface area contributed by atoms with Crippen molar-refractivity contribution in [2.75, 3.05) is 6.54 Å². The molecule has 0 aliphatic rings. The van der Waals surface area contributed by atoms with Crippen molar-refractivity contribution < 1.29 is 4.79 Å². The van der Waals surface area contributed by atoms with Crippen LogP contribution in [0.3, 0.4) is 0 Å². The fourth-order valence-electron chi connectivity index (χ4n) is 2.89. The number of imidazole rings is 2. The van der Waals surface area contributed by atoms with Crippen molar-refractivity contribution >= 4 is 22.2 Å².